The fourth-order valence-corrected chi connectivity index (χ4v) is 3.39. The van der Waals surface area contributed by atoms with Gasteiger partial charge in [-0.1, -0.05) is 37.5 Å². The van der Waals surface area contributed by atoms with Crippen molar-refractivity contribution < 1.29 is 14.4 Å². The Balaban J connectivity index is 1.53. The number of anilines is 1. The second kappa shape index (κ2) is 9.17. The van der Waals surface area contributed by atoms with Gasteiger partial charge in [-0.25, -0.2) is 0 Å². The molecule has 6 nitrogen and oxygen atoms in total. The highest BCUT2D eigenvalue weighted by molar-refractivity contribution is 6.05. The van der Waals surface area contributed by atoms with E-state index in [2.05, 4.69) is 16.2 Å². The van der Waals surface area contributed by atoms with Gasteiger partial charge in [-0.05, 0) is 55.7 Å². The molecule has 3 amide bonds. The number of carbonyl (C=O) groups excluding carboxylic acids is 3. The van der Waals surface area contributed by atoms with E-state index in [0.717, 1.165) is 31.2 Å². The van der Waals surface area contributed by atoms with Crippen molar-refractivity contribution in [1.82, 2.24) is 10.9 Å². The fraction of sp³-hybridized carbons (Fsp3) is 0.318. The Morgan fingerprint density at radius 1 is 0.821 bits per heavy atom. The molecular weight excluding hydrogens is 354 g/mol. The standard InChI is InChI=1S/C22H25N3O3/c1-15-7-5-6-10-19(15)22(28)23-18-13-11-17(12-14-18)21(27)25-24-20(26)16-8-3-2-4-9-16/h5-7,10-14,16H,2-4,8-9H2,1H3,(H,23,28)(H,24,26)(H,25,27). The molecule has 0 saturated heterocycles. The molecule has 0 heterocycles. The van der Waals surface area contributed by atoms with Crippen LogP contribution in [0.4, 0.5) is 5.69 Å². The first-order valence-corrected chi connectivity index (χ1v) is 9.62. The summed E-state index contributed by atoms with van der Waals surface area (Å²) in [5, 5.41) is 2.82. The molecule has 0 aromatic heterocycles. The van der Waals surface area contributed by atoms with Gasteiger partial charge >= 0.3 is 0 Å². The molecule has 0 atom stereocenters. The Kier molecular flexibility index (Phi) is 6.42. The number of hydrogen-bond acceptors (Lipinski definition) is 3. The third-order valence-electron chi connectivity index (χ3n) is 5.07. The molecule has 1 fully saturated rings. The van der Waals surface area contributed by atoms with E-state index in [0.29, 0.717) is 16.8 Å². The molecule has 1 aliphatic rings. The van der Waals surface area contributed by atoms with Gasteiger partial charge < -0.3 is 5.32 Å². The maximum absolute atomic E-state index is 12.3. The summed E-state index contributed by atoms with van der Waals surface area (Å²) in [5.41, 5.74) is 7.47. The molecular formula is C22H25N3O3. The largest absolute Gasteiger partial charge is 0.322 e. The fourth-order valence-electron chi connectivity index (χ4n) is 3.39. The van der Waals surface area contributed by atoms with E-state index in [-0.39, 0.29) is 23.6 Å². The lowest BCUT2D eigenvalue weighted by molar-refractivity contribution is -0.126. The molecule has 2 aromatic rings. The van der Waals surface area contributed by atoms with Crippen molar-refractivity contribution in [2.24, 2.45) is 5.92 Å². The van der Waals surface area contributed by atoms with E-state index in [1.165, 1.54) is 6.42 Å². The number of amides is 3. The normalized spacial score (nSPS) is 14.2. The van der Waals surface area contributed by atoms with Crippen molar-refractivity contribution in [3.8, 4) is 0 Å². The summed E-state index contributed by atoms with van der Waals surface area (Å²) in [6.45, 7) is 1.88. The van der Waals surface area contributed by atoms with Crippen molar-refractivity contribution in [3.63, 3.8) is 0 Å². The Labute approximate surface area is 164 Å². The summed E-state index contributed by atoms with van der Waals surface area (Å²) in [7, 11) is 0. The van der Waals surface area contributed by atoms with Gasteiger partial charge in [-0.2, -0.15) is 0 Å². The van der Waals surface area contributed by atoms with E-state index < -0.39 is 0 Å². The Hall–Kier alpha value is -3.15. The van der Waals surface area contributed by atoms with Gasteiger partial charge in [-0.15, -0.1) is 0 Å². The predicted octanol–water partition coefficient (Wildman–Crippen LogP) is 3.59. The highest BCUT2D eigenvalue weighted by Crippen LogP contribution is 2.23. The second-order valence-electron chi connectivity index (χ2n) is 7.12. The maximum Gasteiger partial charge on any atom is 0.269 e. The smallest absolute Gasteiger partial charge is 0.269 e. The molecule has 28 heavy (non-hydrogen) atoms. The van der Waals surface area contributed by atoms with Crippen LogP contribution in [0.3, 0.4) is 0 Å². The monoisotopic (exact) mass is 379 g/mol. The average Bonchev–Trinajstić information content (AvgIpc) is 2.73. The zero-order chi connectivity index (χ0) is 19.9. The molecule has 0 aliphatic heterocycles. The molecule has 0 unspecified atom stereocenters. The number of nitrogens with one attached hydrogen (secondary N) is 3. The number of hydrogen-bond donors (Lipinski definition) is 3. The van der Waals surface area contributed by atoms with E-state index in [4.69, 9.17) is 0 Å². The van der Waals surface area contributed by atoms with Crippen LogP contribution in [0.2, 0.25) is 0 Å². The van der Waals surface area contributed by atoms with E-state index in [1.54, 1.807) is 30.3 Å². The Morgan fingerprint density at radius 3 is 2.18 bits per heavy atom. The van der Waals surface area contributed by atoms with Crippen LogP contribution in [-0.2, 0) is 4.79 Å². The minimum Gasteiger partial charge on any atom is -0.322 e. The van der Waals surface area contributed by atoms with Crippen LogP contribution < -0.4 is 16.2 Å². The van der Waals surface area contributed by atoms with Crippen molar-refractivity contribution in [1.29, 1.82) is 0 Å². The van der Waals surface area contributed by atoms with Gasteiger partial charge in [0.15, 0.2) is 0 Å². The first-order valence-electron chi connectivity index (χ1n) is 9.62. The van der Waals surface area contributed by atoms with E-state index >= 15 is 0 Å². The van der Waals surface area contributed by atoms with E-state index in [9.17, 15) is 14.4 Å². The molecule has 1 saturated carbocycles. The summed E-state index contributed by atoms with van der Waals surface area (Å²) in [6.07, 6.45) is 5.03. The van der Waals surface area contributed by atoms with Gasteiger partial charge in [0.05, 0.1) is 0 Å². The van der Waals surface area contributed by atoms with Crippen molar-refractivity contribution >= 4 is 23.4 Å². The molecule has 0 spiro atoms. The molecule has 0 radical (unpaired) electrons. The lowest BCUT2D eigenvalue weighted by atomic mass is 9.89. The lowest BCUT2D eigenvalue weighted by Crippen LogP contribution is -2.44. The van der Waals surface area contributed by atoms with Crippen LogP contribution in [-0.4, -0.2) is 17.7 Å². The zero-order valence-electron chi connectivity index (χ0n) is 16.0. The number of carbonyl (C=O) groups is 3. The summed E-state index contributed by atoms with van der Waals surface area (Å²) in [4.78, 5) is 36.7. The Bertz CT molecular complexity index is 856. The quantitative estimate of drug-likeness (QED) is 0.710. The van der Waals surface area contributed by atoms with Gasteiger partial charge in [0.2, 0.25) is 5.91 Å². The number of rotatable bonds is 4. The molecule has 1 aliphatic carbocycles. The minimum absolute atomic E-state index is 0.0203. The molecule has 2 aromatic carbocycles. The number of aryl methyl sites for hydroxylation is 1. The Morgan fingerprint density at radius 2 is 1.50 bits per heavy atom. The van der Waals surface area contributed by atoms with E-state index in [1.807, 2.05) is 25.1 Å². The molecule has 0 bridgehead atoms. The topological polar surface area (TPSA) is 87.3 Å². The average molecular weight is 379 g/mol. The van der Waals surface area contributed by atoms with Gasteiger partial charge in [0.1, 0.15) is 0 Å². The van der Waals surface area contributed by atoms with Crippen molar-refractivity contribution in [2.45, 2.75) is 39.0 Å². The van der Waals surface area contributed by atoms with Crippen LogP contribution in [0, 0.1) is 12.8 Å². The molecule has 146 valence electrons. The predicted molar refractivity (Wildman–Crippen MR) is 108 cm³/mol. The zero-order valence-corrected chi connectivity index (χ0v) is 16.0. The van der Waals surface area contributed by atoms with Crippen LogP contribution in [0.5, 0.6) is 0 Å². The second-order valence-corrected chi connectivity index (χ2v) is 7.12. The first kappa shape index (κ1) is 19.6. The summed E-state index contributed by atoms with van der Waals surface area (Å²) in [6, 6.07) is 13.9. The third kappa shape index (κ3) is 4.97. The lowest BCUT2D eigenvalue weighted by Gasteiger charge is -2.20. The molecule has 6 heteroatoms. The summed E-state index contributed by atoms with van der Waals surface area (Å²) in [5.74, 6) is -0.737. The maximum atomic E-state index is 12.3. The minimum atomic E-state index is -0.388. The van der Waals surface area contributed by atoms with Crippen LogP contribution in [0.1, 0.15) is 58.4 Å². The summed E-state index contributed by atoms with van der Waals surface area (Å²) < 4.78 is 0. The highest BCUT2D eigenvalue weighted by atomic mass is 16.2. The molecule has 3 N–H and O–H groups in total. The first-order chi connectivity index (χ1) is 13.5. The number of benzene rings is 2. The van der Waals surface area contributed by atoms with Gasteiger partial charge in [0.25, 0.3) is 11.8 Å². The van der Waals surface area contributed by atoms with Crippen molar-refractivity contribution in [3.05, 3.63) is 65.2 Å². The molecule has 3 rings (SSSR count). The number of hydrazine groups is 1. The van der Waals surface area contributed by atoms with Gasteiger partial charge in [-0.3, -0.25) is 25.2 Å². The highest BCUT2D eigenvalue weighted by Gasteiger charge is 2.21. The van der Waals surface area contributed by atoms with Gasteiger partial charge in [0, 0.05) is 22.7 Å². The SMILES string of the molecule is Cc1ccccc1C(=O)Nc1ccc(C(=O)NNC(=O)C2CCCCC2)cc1. The van der Waals surface area contributed by atoms with Crippen molar-refractivity contribution in [2.75, 3.05) is 5.32 Å². The van der Waals surface area contributed by atoms with Crippen LogP contribution in [0.15, 0.2) is 48.5 Å². The summed E-state index contributed by atoms with van der Waals surface area (Å²) >= 11 is 0. The third-order valence-corrected chi connectivity index (χ3v) is 5.07. The van der Waals surface area contributed by atoms with Crippen LogP contribution >= 0.6 is 0 Å². The van der Waals surface area contributed by atoms with Crippen LogP contribution in [0.25, 0.3) is 0 Å².